The monoisotopic (exact) mass is 363 g/mol. The highest BCUT2D eigenvalue weighted by molar-refractivity contribution is 4.92. The molecule has 0 N–H and O–H groups in total. The zero-order chi connectivity index (χ0) is 19.3. The predicted octanol–water partition coefficient (Wildman–Crippen LogP) is 8.17. The van der Waals surface area contributed by atoms with Crippen LogP contribution in [0.25, 0.3) is 0 Å². The Hall–Kier alpha value is -0.560. The Bertz CT molecular complexity index is 316. The summed E-state index contributed by atoms with van der Waals surface area (Å²) in [4.78, 5) is 2.34. The SMILES string of the molecule is CCCCC/C=C\C/C=C\CCCCCCCCCC(CC)CN(C)C. The van der Waals surface area contributed by atoms with Crippen molar-refractivity contribution in [3.63, 3.8) is 0 Å². The van der Waals surface area contributed by atoms with Crippen LogP contribution in [0.15, 0.2) is 24.3 Å². The maximum absolute atomic E-state index is 2.38. The van der Waals surface area contributed by atoms with Crippen molar-refractivity contribution in [2.24, 2.45) is 5.92 Å². The Kier molecular flexibility index (Phi) is 20.3. The van der Waals surface area contributed by atoms with Crippen molar-refractivity contribution >= 4 is 0 Å². The summed E-state index contributed by atoms with van der Waals surface area (Å²) in [6.07, 6.45) is 29.8. The average Bonchev–Trinajstić information content (AvgIpc) is 2.63. The van der Waals surface area contributed by atoms with E-state index in [0.717, 1.165) is 12.3 Å². The second-order valence-electron chi connectivity index (χ2n) is 8.26. The lowest BCUT2D eigenvalue weighted by atomic mass is 9.97. The molecule has 1 atom stereocenters. The fourth-order valence-electron chi connectivity index (χ4n) is 3.54. The molecule has 0 aromatic rings. The molecule has 0 rings (SSSR count). The maximum atomic E-state index is 2.38. The van der Waals surface area contributed by atoms with E-state index < -0.39 is 0 Å². The fourth-order valence-corrected chi connectivity index (χ4v) is 3.54. The van der Waals surface area contributed by atoms with Gasteiger partial charge in [0.2, 0.25) is 0 Å². The van der Waals surface area contributed by atoms with E-state index in [2.05, 4.69) is 57.1 Å². The molecule has 0 aliphatic rings. The van der Waals surface area contributed by atoms with E-state index in [1.165, 1.54) is 96.4 Å². The predicted molar refractivity (Wildman–Crippen MR) is 121 cm³/mol. The molecule has 0 aromatic heterocycles. The topological polar surface area (TPSA) is 3.24 Å². The third-order valence-electron chi connectivity index (χ3n) is 5.26. The summed E-state index contributed by atoms with van der Waals surface area (Å²) < 4.78 is 0. The minimum absolute atomic E-state index is 0.906. The van der Waals surface area contributed by atoms with Gasteiger partial charge in [-0.25, -0.2) is 0 Å². The Morgan fingerprint density at radius 1 is 0.654 bits per heavy atom. The molecule has 0 saturated heterocycles. The molecule has 0 bridgehead atoms. The number of nitrogens with zero attached hydrogens (tertiary/aromatic N) is 1. The number of allylic oxidation sites excluding steroid dienone is 4. The van der Waals surface area contributed by atoms with E-state index >= 15 is 0 Å². The molecule has 0 saturated carbocycles. The highest BCUT2D eigenvalue weighted by atomic mass is 15.1. The van der Waals surface area contributed by atoms with Gasteiger partial charge in [-0.2, -0.15) is 0 Å². The molecule has 1 nitrogen and oxygen atoms in total. The first kappa shape index (κ1) is 25.4. The Morgan fingerprint density at radius 2 is 1.19 bits per heavy atom. The van der Waals surface area contributed by atoms with Gasteiger partial charge in [-0.15, -0.1) is 0 Å². The zero-order valence-corrected chi connectivity index (χ0v) is 18.6. The largest absolute Gasteiger partial charge is 0.309 e. The summed E-state index contributed by atoms with van der Waals surface area (Å²) in [5, 5.41) is 0. The molecule has 26 heavy (non-hydrogen) atoms. The van der Waals surface area contributed by atoms with Gasteiger partial charge in [0.1, 0.15) is 0 Å². The van der Waals surface area contributed by atoms with Gasteiger partial charge in [0.15, 0.2) is 0 Å². The summed E-state index contributed by atoms with van der Waals surface area (Å²) in [6, 6.07) is 0. The van der Waals surface area contributed by atoms with Gasteiger partial charge >= 0.3 is 0 Å². The van der Waals surface area contributed by atoms with Gasteiger partial charge < -0.3 is 4.90 Å². The van der Waals surface area contributed by atoms with Crippen molar-refractivity contribution < 1.29 is 0 Å². The molecule has 154 valence electrons. The van der Waals surface area contributed by atoms with Crippen molar-refractivity contribution in [2.45, 2.75) is 110 Å². The lowest BCUT2D eigenvalue weighted by molar-refractivity contribution is 0.299. The number of hydrogen-bond donors (Lipinski definition) is 0. The van der Waals surface area contributed by atoms with Crippen LogP contribution in [-0.2, 0) is 0 Å². The molecule has 0 aliphatic carbocycles. The highest BCUT2D eigenvalue weighted by Crippen LogP contribution is 2.16. The average molecular weight is 364 g/mol. The minimum Gasteiger partial charge on any atom is -0.309 e. The molecule has 1 unspecified atom stereocenters. The van der Waals surface area contributed by atoms with Crippen LogP contribution in [0.1, 0.15) is 110 Å². The first-order valence-electron chi connectivity index (χ1n) is 11.6. The molecule has 0 aromatic carbocycles. The van der Waals surface area contributed by atoms with E-state index in [1.54, 1.807) is 0 Å². The van der Waals surface area contributed by atoms with Crippen LogP contribution in [0.4, 0.5) is 0 Å². The van der Waals surface area contributed by atoms with E-state index in [0.29, 0.717) is 0 Å². The second-order valence-corrected chi connectivity index (χ2v) is 8.26. The molecule has 0 spiro atoms. The molecule has 0 aliphatic heterocycles. The van der Waals surface area contributed by atoms with E-state index in [9.17, 15) is 0 Å². The van der Waals surface area contributed by atoms with Gasteiger partial charge in [0, 0.05) is 6.54 Å². The van der Waals surface area contributed by atoms with Crippen molar-refractivity contribution in [1.82, 2.24) is 4.90 Å². The van der Waals surface area contributed by atoms with Gasteiger partial charge in [-0.1, -0.05) is 95.9 Å². The fraction of sp³-hybridized carbons (Fsp3) is 0.840. The summed E-state index contributed by atoms with van der Waals surface area (Å²) >= 11 is 0. The first-order chi connectivity index (χ1) is 12.7. The van der Waals surface area contributed by atoms with E-state index in [1.807, 2.05) is 0 Å². The van der Waals surface area contributed by atoms with Gasteiger partial charge in [0.25, 0.3) is 0 Å². The Labute approximate surface area is 166 Å². The zero-order valence-electron chi connectivity index (χ0n) is 18.6. The summed E-state index contributed by atoms with van der Waals surface area (Å²) in [5.41, 5.74) is 0. The van der Waals surface area contributed by atoms with Crippen molar-refractivity contribution in [1.29, 1.82) is 0 Å². The van der Waals surface area contributed by atoms with Crippen LogP contribution in [-0.4, -0.2) is 25.5 Å². The minimum atomic E-state index is 0.906. The van der Waals surface area contributed by atoms with Crippen LogP contribution in [0, 0.1) is 5.92 Å². The van der Waals surface area contributed by atoms with E-state index in [-0.39, 0.29) is 0 Å². The number of hydrogen-bond acceptors (Lipinski definition) is 1. The Balaban J connectivity index is 3.29. The molecule has 0 heterocycles. The van der Waals surface area contributed by atoms with Crippen molar-refractivity contribution in [3.8, 4) is 0 Å². The summed E-state index contributed by atoms with van der Waals surface area (Å²) in [6.45, 7) is 5.87. The Morgan fingerprint density at radius 3 is 1.73 bits per heavy atom. The van der Waals surface area contributed by atoms with Crippen LogP contribution in [0.3, 0.4) is 0 Å². The smallest absolute Gasteiger partial charge is 0.000346 e. The lowest BCUT2D eigenvalue weighted by Crippen LogP contribution is -2.21. The lowest BCUT2D eigenvalue weighted by Gasteiger charge is -2.19. The van der Waals surface area contributed by atoms with Crippen molar-refractivity contribution in [3.05, 3.63) is 24.3 Å². The van der Waals surface area contributed by atoms with Gasteiger partial charge in [0.05, 0.1) is 0 Å². The molecular weight excluding hydrogens is 314 g/mol. The van der Waals surface area contributed by atoms with Crippen LogP contribution in [0.5, 0.6) is 0 Å². The van der Waals surface area contributed by atoms with Gasteiger partial charge in [-0.05, 0) is 58.5 Å². The quantitative estimate of drug-likeness (QED) is 0.165. The molecule has 1 heteroatoms. The second kappa shape index (κ2) is 20.7. The molecule has 0 fully saturated rings. The maximum Gasteiger partial charge on any atom is 0.000346 e. The third kappa shape index (κ3) is 19.8. The molecular formula is C25H49N. The normalized spacial score (nSPS) is 13.4. The number of rotatable bonds is 19. The molecule has 0 radical (unpaired) electrons. The van der Waals surface area contributed by atoms with Crippen LogP contribution >= 0.6 is 0 Å². The first-order valence-corrected chi connectivity index (χ1v) is 11.6. The standard InChI is InChI=1S/C25H49N/c1-5-7-8-9-10-11-12-13-14-15-16-17-18-19-20-21-22-23-25(6-2)24-26(3)4/h10-11,13-14,25H,5-9,12,15-24H2,1-4H3/b11-10-,14-13-. The highest BCUT2D eigenvalue weighted by Gasteiger charge is 2.06. The van der Waals surface area contributed by atoms with Gasteiger partial charge in [-0.3, -0.25) is 0 Å². The summed E-state index contributed by atoms with van der Waals surface area (Å²) in [5.74, 6) is 0.906. The summed E-state index contributed by atoms with van der Waals surface area (Å²) in [7, 11) is 4.40. The molecule has 0 amide bonds. The number of unbranched alkanes of at least 4 members (excludes halogenated alkanes) is 10. The van der Waals surface area contributed by atoms with Crippen molar-refractivity contribution in [2.75, 3.05) is 20.6 Å². The van der Waals surface area contributed by atoms with Crippen LogP contribution < -0.4 is 0 Å². The van der Waals surface area contributed by atoms with E-state index in [4.69, 9.17) is 0 Å². The van der Waals surface area contributed by atoms with Crippen LogP contribution in [0.2, 0.25) is 0 Å². The third-order valence-corrected chi connectivity index (χ3v) is 5.26.